The molecule has 7 nitrogen and oxygen atoms in total. The number of nitrogens with one attached hydrogen (secondary N) is 2. The summed E-state index contributed by atoms with van der Waals surface area (Å²) in [5.74, 6) is -1.94. The predicted molar refractivity (Wildman–Crippen MR) is 128 cm³/mol. The van der Waals surface area contributed by atoms with Gasteiger partial charge in [0.2, 0.25) is 5.91 Å². The monoisotopic (exact) mass is 462 g/mol. The summed E-state index contributed by atoms with van der Waals surface area (Å²) < 4.78 is 5.62. The number of carboxylic acids is 1. The molecule has 0 aliphatic heterocycles. The van der Waals surface area contributed by atoms with Crippen LogP contribution in [0.5, 0.6) is 0 Å². The lowest BCUT2D eigenvalue weighted by Gasteiger charge is -2.23. The van der Waals surface area contributed by atoms with Gasteiger partial charge in [0.1, 0.15) is 12.6 Å². The Bertz CT molecular complexity index is 1040. The maximum atomic E-state index is 12.8. The number of aliphatic carboxylic acids is 1. The third-order valence-electron chi connectivity index (χ3n) is 6.77. The average molecular weight is 463 g/mol. The SMILES string of the molecule is C=CCCC(NC(=O)[C@H]1CCC[C@H]1NC(=O)OCC1c2ccccc2-c2ccccc21)C(=O)O. The second-order valence-corrected chi connectivity index (χ2v) is 8.88. The van der Waals surface area contributed by atoms with Crippen LogP contribution in [0.3, 0.4) is 0 Å². The van der Waals surface area contributed by atoms with Crippen LogP contribution in [-0.2, 0) is 14.3 Å². The van der Waals surface area contributed by atoms with Crippen molar-refractivity contribution >= 4 is 18.0 Å². The maximum Gasteiger partial charge on any atom is 0.407 e. The molecule has 0 aromatic heterocycles. The van der Waals surface area contributed by atoms with Crippen LogP contribution in [-0.4, -0.2) is 41.8 Å². The molecule has 1 unspecified atom stereocenters. The second kappa shape index (κ2) is 10.5. The molecule has 0 saturated heterocycles. The molecule has 0 heterocycles. The minimum Gasteiger partial charge on any atom is -0.480 e. The van der Waals surface area contributed by atoms with E-state index in [9.17, 15) is 19.5 Å². The quantitative estimate of drug-likeness (QED) is 0.484. The first-order valence-corrected chi connectivity index (χ1v) is 11.7. The molecular formula is C27H30N2O5. The van der Waals surface area contributed by atoms with E-state index in [2.05, 4.69) is 41.5 Å². The number of fused-ring (bicyclic) bond motifs is 3. The van der Waals surface area contributed by atoms with Crippen LogP contribution in [0.4, 0.5) is 4.79 Å². The summed E-state index contributed by atoms with van der Waals surface area (Å²) in [6.45, 7) is 3.80. The van der Waals surface area contributed by atoms with Crippen molar-refractivity contribution in [1.29, 1.82) is 0 Å². The Balaban J connectivity index is 1.35. The first kappa shape index (κ1) is 23.5. The summed E-state index contributed by atoms with van der Waals surface area (Å²) in [4.78, 5) is 36.9. The van der Waals surface area contributed by atoms with Gasteiger partial charge in [-0.2, -0.15) is 0 Å². The number of allylic oxidation sites excluding steroid dienone is 1. The second-order valence-electron chi connectivity index (χ2n) is 8.88. The van der Waals surface area contributed by atoms with Crippen LogP contribution in [0.25, 0.3) is 11.1 Å². The van der Waals surface area contributed by atoms with Crippen LogP contribution in [0.15, 0.2) is 61.2 Å². The molecule has 0 spiro atoms. The Labute approximate surface area is 199 Å². The van der Waals surface area contributed by atoms with Crippen LogP contribution < -0.4 is 10.6 Å². The molecule has 178 valence electrons. The Kier molecular flexibility index (Phi) is 7.30. The fourth-order valence-corrected chi connectivity index (χ4v) is 5.06. The third kappa shape index (κ3) is 4.98. The lowest BCUT2D eigenvalue weighted by atomic mass is 9.98. The fourth-order valence-electron chi connectivity index (χ4n) is 5.06. The van der Waals surface area contributed by atoms with E-state index in [0.29, 0.717) is 19.3 Å². The van der Waals surface area contributed by atoms with Gasteiger partial charge in [0, 0.05) is 12.0 Å². The smallest absolute Gasteiger partial charge is 0.407 e. The highest BCUT2D eigenvalue weighted by Gasteiger charge is 2.36. The lowest BCUT2D eigenvalue weighted by molar-refractivity contribution is -0.142. The largest absolute Gasteiger partial charge is 0.480 e. The molecular weight excluding hydrogens is 432 g/mol. The maximum absolute atomic E-state index is 12.8. The highest BCUT2D eigenvalue weighted by Crippen LogP contribution is 2.44. The highest BCUT2D eigenvalue weighted by molar-refractivity contribution is 5.86. The van der Waals surface area contributed by atoms with Crippen LogP contribution >= 0.6 is 0 Å². The van der Waals surface area contributed by atoms with Crippen molar-refractivity contribution in [2.45, 2.75) is 50.1 Å². The number of ether oxygens (including phenoxy) is 1. The Morgan fingerprint density at radius 3 is 2.32 bits per heavy atom. The van der Waals surface area contributed by atoms with E-state index in [1.54, 1.807) is 6.08 Å². The summed E-state index contributed by atoms with van der Waals surface area (Å²) in [7, 11) is 0. The van der Waals surface area contributed by atoms with Gasteiger partial charge < -0.3 is 20.5 Å². The van der Waals surface area contributed by atoms with Crippen molar-refractivity contribution in [2.24, 2.45) is 5.92 Å². The van der Waals surface area contributed by atoms with E-state index in [0.717, 1.165) is 28.7 Å². The number of amides is 2. The van der Waals surface area contributed by atoms with Gasteiger partial charge in [0.25, 0.3) is 0 Å². The van der Waals surface area contributed by atoms with Gasteiger partial charge in [-0.3, -0.25) is 4.79 Å². The van der Waals surface area contributed by atoms with Gasteiger partial charge in [0.15, 0.2) is 0 Å². The van der Waals surface area contributed by atoms with Crippen molar-refractivity contribution < 1.29 is 24.2 Å². The normalized spacial score (nSPS) is 19.5. The van der Waals surface area contributed by atoms with Crippen LogP contribution in [0.2, 0.25) is 0 Å². The molecule has 7 heteroatoms. The number of carboxylic acid groups (broad SMARTS) is 1. The van der Waals surface area contributed by atoms with Crippen molar-refractivity contribution in [1.82, 2.24) is 10.6 Å². The third-order valence-corrected chi connectivity index (χ3v) is 6.77. The molecule has 2 aromatic rings. The number of carbonyl (C=O) groups excluding carboxylic acids is 2. The summed E-state index contributed by atoms with van der Waals surface area (Å²) in [6.07, 6.45) is 3.84. The zero-order valence-corrected chi connectivity index (χ0v) is 19.0. The lowest BCUT2D eigenvalue weighted by Crippen LogP contribution is -2.48. The van der Waals surface area contributed by atoms with Gasteiger partial charge in [-0.25, -0.2) is 9.59 Å². The first-order chi connectivity index (χ1) is 16.5. The minimum atomic E-state index is -1.07. The van der Waals surface area contributed by atoms with Gasteiger partial charge in [-0.1, -0.05) is 61.0 Å². The number of hydrogen-bond donors (Lipinski definition) is 3. The van der Waals surface area contributed by atoms with Crippen LogP contribution in [0, 0.1) is 5.92 Å². The van der Waals surface area contributed by atoms with Crippen molar-refractivity contribution in [3.63, 3.8) is 0 Å². The van der Waals surface area contributed by atoms with E-state index in [-0.39, 0.29) is 30.9 Å². The first-order valence-electron chi connectivity index (χ1n) is 11.7. The van der Waals surface area contributed by atoms with E-state index < -0.39 is 24.0 Å². The number of hydrogen-bond acceptors (Lipinski definition) is 4. The topological polar surface area (TPSA) is 105 Å². The van der Waals surface area contributed by atoms with Crippen molar-refractivity contribution in [2.75, 3.05) is 6.61 Å². The van der Waals surface area contributed by atoms with Gasteiger partial charge in [-0.15, -0.1) is 6.58 Å². The molecule has 3 atom stereocenters. The molecule has 0 radical (unpaired) electrons. The van der Waals surface area contributed by atoms with E-state index in [4.69, 9.17) is 4.74 Å². The molecule has 0 bridgehead atoms. The molecule has 3 N–H and O–H groups in total. The average Bonchev–Trinajstić information content (AvgIpc) is 3.42. The molecule has 1 fully saturated rings. The molecule has 2 amide bonds. The zero-order valence-electron chi connectivity index (χ0n) is 19.0. The molecule has 34 heavy (non-hydrogen) atoms. The Morgan fingerprint density at radius 2 is 1.71 bits per heavy atom. The summed E-state index contributed by atoms with van der Waals surface area (Å²) in [6, 6.07) is 14.9. The number of alkyl carbamates (subject to hydrolysis) is 1. The van der Waals surface area contributed by atoms with Gasteiger partial charge >= 0.3 is 12.1 Å². The van der Waals surface area contributed by atoms with Crippen molar-refractivity contribution in [3.05, 3.63) is 72.3 Å². The fraction of sp³-hybridized carbons (Fsp3) is 0.370. The summed E-state index contributed by atoms with van der Waals surface area (Å²) in [5, 5.41) is 14.8. The van der Waals surface area contributed by atoms with E-state index in [1.165, 1.54) is 0 Å². The van der Waals surface area contributed by atoms with Gasteiger partial charge in [0.05, 0.1) is 5.92 Å². The molecule has 4 rings (SSSR count). The number of benzene rings is 2. The standard InChI is InChI=1S/C27H30N2O5/c1-2-3-14-24(26(31)32)28-25(30)21-13-8-15-23(21)29-27(33)34-16-22-19-11-6-4-9-17(19)18-10-5-7-12-20(18)22/h2,4-7,9-12,21-24H,1,3,8,13-16H2,(H,28,30)(H,29,33)(H,31,32)/t21-,23+,24?/m0/s1. The zero-order chi connectivity index (χ0) is 24.1. The van der Waals surface area contributed by atoms with Crippen LogP contribution in [0.1, 0.15) is 49.1 Å². The highest BCUT2D eigenvalue weighted by atomic mass is 16.5. The summed E-state index contributed by atoms with van der Waals surface area (Å²) in [5.41, 5.74) is 4.58. The Hall–Kier alpha value is -3.61. The molecule has 1 saturated carbocycles. The molecule has 2 aromatic carbocycles. The van der Waals surface area contributed by atoms with Gasteiger partial charge in [-0.05, 0) is 47.9 Å². The number of carbonyl (C=O) groups is 3. The van der Waals surface area contributed by atoms with E-state index >= 15 is 0 Å². The molecule has 2 aliphatic rings. The number of rotatable bonds is 9. The predicted octanol–water partition coefficient (Wildman–Crippen LogP) is 4.23. The molecule has 2 aliphatic carbocycles. The van der Waals surface area contributed by atoms with Crippen molar-refractivity contribution in [3.8, 4) is 11.1 Å². The van der Waals surface area contributed by atoms with E-state index in [1.807, 2.05) is 24.3 Å². The summed E-state index contributed by atoms with van der Waals surface area (Å²) >= 11 is 0. The minimum absolute atomic E-state index is 0.0398. The Morgan fingerprint density at radius 1 is 1.06 bits per heavy atom.